The van der Waals surface area contributed by atoms with Crippen molar-refractivity contribution in [1.82, 2.24) is 4.90 Å². The van der Waals surface area contributed by atoms with Gasteiger partial charge in [-0.25, -0.2) is 0 Å². The molecule has 1 aliphatic rings. The zero-order chi connectivity index (χ0) is 19.9. The van der Waals surface area contributed by atoms with E-state index < -0.39 is 6.10 Å². The lowest BCUT2D eigenvalue weighted by molar-refractivity contribution is 0.0635. The van der Waals surface area contributed by atoms with Crippen LogP contribution in [-0.2, 0) is 0 Å². The van der Waals surface area contributed by atoms with Crippen molar-refractivity contribution in [1.29, 1.82) is 5.26 Å². The van der Waals surface area contributed by atoms with Crippen molar-refractivity contribution in [2.45, 2.75) is 25.0 Å². The van der Waals surface area contributed by atoms with Crippen LogP contribution in [0.3, 0.4) is 0 Å². The van der Waals surface area contributed by atoms with Crippen molar-refractivity contribution < 1.29 is 19.3 Å². The first kappa shape index (κ1) is 20.0. The highest BCUT2D eigenvalue weighted by Crippen LogP contribution is 2.38. The number of nitriles is 1. The summed E-state index contributed by atoms with van der Waals surface area (Å²) in [6.07, 6.45) is 1.48. The van der Waals surface area contributed by atoms with Gasteiger partial charge in [-0.15, -0.1) is 0 Å². The van der Waals surface area contributed by atoms with E-state index in [0.29, 0.717) is 17.9 Å². The molecule has 0 aromatic heterocycles. The van der Waals surface area contributed by atoms with Crippen molar-refractivity contribution >= 4 is 0 Å². The third-order valence-corrected chi connectivity index (χ3v) is 5.03. The van der Waals surface area contributed by atoms with Crippen LogP contribution in [0.4, 0.5) is 0 Å². The quantitative estimate of drug-likeness (QED) is 0.756. The molecule has 1 N–H and O–H groups in total. The maximum absolute atomic E-state index is 10.5. The Morgan fingerprint density at radius 3 is 2.57 bits per heavy atom. The summed E-state index contributed by atoms with van der Waals surface area (Å²) in [5.41, 5.74) is 1.70. The highest BCUT2D eigenvalue weighted by molar-refractivity contribution is 5.43. The second-order valence-electron chi connectivity index (χ2n) is 6.86. The van der Waals surface area contributed by atoms with E-state index in [1.54, 1.807) is 38.5 Å². The molecule has 1 heterocycles. The number of nitrogens with zero attached hydrogens (tertiary/aromatic N) is 2. The van der Waals surface area contributed by atoms with Gasteiger partial charge in [-0.05, 0) is 49.7 Å². The summed E-state index contributed by atoms with van der Waals surface area (Å²) in [4.78, 5) is 2.27. The van der Waals surface area contributed by atoms with Crippen molar-refractivity contribution in [2.75, 3.05) is 33.9 Å². The largest absolute Gasteiger partial charge is 0.497 e. The Morgan fingerprint density at radius 1 is 1.14 bits per heavy atom. The summed E-state index contributed by atoms with van der Waals surface area (Å²) in [6, 6.07) is 15.0. The number of likely N-dealkylation sites (tertiary alicyclic amines) is 1. The minimum atomic E-state index is -0.611. The summed E-state index contributed by atoms with van der Waals surface area (Å²) < 4.78 is 16.5. The lowest BCUT2D eigenvalue weighted by Crippen LogP contribution is -2.35. The standard InChI is InChI=1S/C22H26N2O4/c1-26-19-9-10-20(22(12-19)27-2)21-4-3-11-24(21)14-17(25)15-28-18-7-5-16(13-23)6-8-18/h5-10,12,17,21,25H,3-4,11,14-15H2,1-2H3/t17-,21+/m1/s1. The van der Waals surface area contributed by atoms with E-state index in [2.05, 4.69) is 11.0 Å². The lowest BCUT2D eigenvalue weighted by Gasteiger charge is -2.28. The van der Waals surface area contributed by atoms with E-state index in [1.807, 2.05) is 18.2 Å². The van der Waals surface area contributed by atoms with Crippen LogP contribution in [0.5, 0.6) is 17.2 Å². The highest BCUT2D eigenvalue weighted by Gasteiger charge is 2.30. The topological polar surface area (TPSA) is 75.0 Å². The fourth-order valence-electron chi connectivity index (χ4n) is 3.63. The molecule has 3 rings (SSSR count). The Kier molecular flexibility index (Phi) is 6.75. The first-order valence-corrected chi connectivity index (χ1v) is 9.41. The molecule has 2 aromatic rings. The molecule has 1 fully saturated rings. The van der Waals surface area contributed by atoms with Gasteiger partial charge in [0.05, 0.1) is 25.9 Å². The number of rotatable bonds is 8. The van der Waals surface area contributed by atoms with Crippen LogP contribution in [-0.4, -0.2) is 50.0 Å². The molecule has 0 saturated carbocycles. The molecule has 6 heteroatoms. The van der Waals surface area contributed by atoms with Crippen molar-refractivity contribution in [3.05, 3.63) is 53.6 Å². The molecule has 0 bridgehead atoms. The fourth-order valence-corrected chi connectivity index (χ4v) is 3.63. The zero-order valence-corrected chi connectivity index (χ0v) is 16.3. The molecule has 6 nitrogen and oxygen atoms in total. The molecular weight excluding hydrogens is 356 g/mol. The Balaban J connectivity index is 1.60. The van der Waals surface area contributed by atoms with Gasteiger partial charge < -0.3 is 19.3 Å². The number of β-amino-alcohol motifs (C(OH)–C–C–N with tert-alkyl or cyclic N) is 1. The monoisotopic (exact) mass is 382 g/mol. The Bertz CT molecular complexity index is 816. The van der Waals surface area contributed by atoms with Gasteiger partial charge in [0, 0.05) is 24.2 Å². The predicted octanol–water partition coefficient (Wildman–Crippen LogP) is 3.15. The minimum absolute atomic E-state index is 0.199. The van der Waals surface area contributed by atoms with Gasteiger partial charge in [-0.1, -0.05) is 6.07 Å². The van der Waals surface area contributed by atoms with Crippen LogP contribution in [0.2, 0.25) is 0 Å². The molecular formula is C22H26N2O4. The molecule has 0 amide bonds. The minimum Gasteiger partial charge on any atom is -0.497 e. The van der Waals surface area contributed by atoms with Gasteiger partial charge in [0.1, 0.15) is 30.0 Å². The summed E-state index contributed by atoms with van der Waals surface area (Å²) in [6.45, 7) is 1.65. The maximum Gasteiger partial charge on any atom is 0.127 e. The van der Waals surface area contributed by atoms with E-state index in [-0.39, 0.29) is 12.6 Å². The molecule has 148 valence electrons. The molecule has 28 heavy (non-hydrogen) atoms. The van der Waals surface area contributed by atoms with Crippen LogP contribution >= 0.6 is 0 Å². The highest BCUT2D eigenvalue weighted by atomic mass is 16.5. The molecule has 0 spiro atoms. The summed E-state index contributed by atoms with van der Waals surface area (Å²) in [5, 5.41) is 19.3. The molecule has 1 aliphatic heterocycles. The Labute approximate surface area is 165 Å². The third kappa shape index (κ3) is 4.75. The molecule has 2 aromatic carbocycles. The van der Waals surface area contributed by atoms with Crippen molar-refractivity contribution in [2.24, 2.45) is 0 Å². The first-order valence-electron chi connectivity index (χ1n) is 9.41. The van der Waals surface area contributed by atoms with Gasteiger partial charge in [0.15, 0.2) is 0 Å². The molecule has 1 saturated heterocycles. The molecule has 2 atom stereocenters. The number of ether oxygens (including phenoxy) is 3. The molecule has 0 radical (unpaired) electrons. The number of methoxy groups -OCH3 is 2. The number of hydrogen-bond acceptors (Lipinski definition) is 6. The maximum atomic E-state index is 10.5. The Morgan fingerprint density at radius 2 is 1.89 bits per heavy atom. The first-order chi connectivity index (χ1) is 13.6. The number of aliphatic hydroxyl groups is 1. The van der Waals surface area contributed by atoms with Crippen LogP contribution in [0.25, 0.3) is 0 Å². The fraction of sp³-hybridized carbons (Fsp3) is 0.409. The van der Waals surface area contributed by atoms with Crippen LogP contribution in [0, 0.1) is 11.3 Å². The normalized spacial score (nSPS) is 17.7. The zero-order valence-electron chi connectivity index (χ0n) is 16.3. The molecule has 0 aliphatic carbocycles. The average molecular weight is 382 g/mol. The van der Waals surface area contributed by atoms with E-state index in [4.69, 9.17) is 19.5 Å². The lowest BCUT2D eigenvalue weighted by atomic mass is 10.0. The number of benzene rings is 2. The van der Waals surface area contributed by atoms with E-state index in [1.165, 1.54) is 0 Å². The summed E-state index contributed by atoms with van der Waals surface area (Å²) >= 11 is 0. The third-order valence-electron chi connectivity index (χ3n) is 5.03. The van der Waals surface area contributed by atoms with Crippen molar-refractivity contribution in [3.63, 3.8) is 0 Å². The van der Waals surface area contributed by atoms with Gasteiger partial charge in [-0.3, -0.25) is 4.90 Å². The van der Waals surface area contributed by atoms with Gasteiger partial charge in [-0.2, -0.15) is 5.26 Å². The van der Waals surface area contributed by atoms with Crippen LogP contribution in [0.1, 0.15) is 30.0 Å². The SMILES string of the molecule is COc1ccc([C@@H]2CCCN2C[C@@H](O)COc2ccc(C#N)cc2)c(OC)c1. The van der Waals surface area contributed by atoms with Crippen LogP contribution in [0.15, 0.2) is 42.5 Å². The summed E-state index contributed by atoms with van der Waals surface area (Å²) in [7, 11) is 3.30. The second kappa shape index (κ2) is 9.45. The predicted molar refractivity (Wildman–Crippen MR) is 106 cm³/mol. The number of aliphatic hydroxyl groups excluding tert-OH is 1. The van der Waals surface area contributed by atoms with Gasteiger partial charge in [0.25, 0.3) is 0 Å². The van der Waals surface area contributed by atoms with E-state index in [9.17, 15) is 5.11 Å². The smallest absolute Gasteiger partial charge is 0.127 e. The molecule has 0 unspecified atom stereocenters. The average Bonchev–Trinajstić information content (AvgIpc) is 3.19. The van der Waals surface area contributed by atoms with E-state index in [0.717, 1.165) is 36.4 Å². The van der Waals surface area contributed by atoms with Gasteiger partial charge >= 0.3 is 0 Å². The van der Waals surface area contributed by atoms with Crippen molar-refractivity contribution in [3.8, 4) is 23.3 Å². The summed E-state index contributed by atoms with van der Waals surface area (Å²) in [5.74, 6) is 2.22. The van der Waals surface area contributed by atoms with Gasteiger partial charge in [0.2, 0.25) is 0 Å². The number of hydrogen-bond donors (Lipinski definition) is 1. The van der Waals surface area contributed by atoms with E-state index >= 15 is 0 Å². The Hall–Kier alpha value is -2.75. The van der Waals surface area contributed by atoms with Crippen LogP contribution < -0.4 is 14.2 Å². The second-order valence-corrected chi connectivity index (χ2v) is 6.86.